The Morgan fingerprint density at radius 1 is 1.28 bits per heavy atom. The van der Waals surface area contributed by atoms with Crippen LogP contribution in [0, 0.1) is 18.6 Å². The zero-order valence-corrected chi connectivity index (χ0v) is 14.5. The molecule has 0 radical (unpaired) electrons. The van der Waals surface area contributed by atoms with E-state index in [0.29, 0.717) is 11.3 Å². The molecule has 132 valence electrons. The third kappa shape index (κ3) is 5.11. The molecule has 2 aromatic carbocycles. The van der Waals surface area contributed by atoms with Crippen molar-refractivity contribution in [3.8, 4) is 0 Å². The summed E-state index contributed by atoms with van der Waals surface area (Å²) in [5.41, 5.74) is 1.60. The molecule has 25 heavy (non-hydrogen) atoms. The summed E-state index contributed by atoms with van der Waals surface area (Å²) in [5.74, 6) is -1.22. The van der Waals surface area contributed by atoms with Crippen LogP contribution < -0.4 is 5.32 Å². The van der Waals surface area contributed by atoms with Crippen LogP contribution in [0.4, 0.5) is 20.2 Å². The number of rotatable bonds is 7. The molecule has 0 heterocycles. The number of halogens is 2. The number of Topliss-reactive ketones (excluding diaryl/α,β-unsaturated/α-hetero) is 1. The maximum atomic E-state index is 14.2. The van der Waals surface area contributed by atoms with Crippen molar-refractivity contribution >= 4 is 23.5 Å². The van der Waals surface area contributed by atoms with E-state index in [1.165, 1.54) is 18.2 Å². The van der Waals surface area contributed by atoms with Crippen LogP contribution in [0.5, 0.6) is 0 Å². The molecular formula is C19H21F2N3O. The van der Waals surface area contributed by atoms with Gasteiger partial charge in [-0.3, -0.25) is 4.79 Å². The number of nitrogens with one attached hydrogen (secondary N) is 1. The lowest BCUT2D eigenvalue weighted by molar-refractivity contribution is 0.100. The minimum Gasteiger partial charge on any atom is -0.377 e. The quantitative estimate of drug-likeness (QED) is 0.465. The Balaban J connectivity index is 2.12. The highest BCUT2D eigenvalue weighted by molar-refractivity contribution is 6.00. The molecule has 0 aromatic heterocycles. The van der Waals surface area contributed by atoms with Gasteiger partial charge in [0.25, 0.3) is 0 Å². The van der Waals surface area contributed by atoms with Crippen molar-refractivity contribution in [1.82, 2.24) is 4.90 Å². The molecule has 2 rings (SSSR count). The van der Waals surface area contributed by atoms with E-state index >= 15 is 0 Å². The van der Waals surface area contributed by atoms with Gasteiger partial charge in [0.2, 0.25) is 0 Å². The Morgan fingerprint density at radius 3 is 2.72 bits per heavy atom. The second-order valence-corrected chi connectivity index (χ2v) is 5.72. The number of nitrogens with zero attached hydrogens (tertiary/aromatic N) is 2. The fourth-order valence-electron chi connectivity index (χ4n) is 2.18. The smallest absolute Gasteiger partial charge is 0.182 e. The second kappa shape index (κ2) is 8.37. The molecule has 2 aromatic rings. The fraction of sp³-hybridized carbons (Fsp3) is 0.263. The van der Waals surface area contributed by atoms with E-state index in [-0.39, 0.29) is 29.4 Å². The highest BCUT2D eigenvalue weighted by Crippen LogP contribution is 2.23. The molecule has 0 fully saturated rings. The lowest BCUT2D eigenvalue weighted by Crippen LogP contribution is -2.16. The average Bonchev–Trinajstić information content (AvgIpc) is 2.59. The van der Waals surface area contributed by atoms with Crippen molar-refractivity contribution in [3.05, 3.63) is 59.2 Å². The number of aliphatic imine (C=N–C) groups is 1. The first-order chi connectivity index (χ1) is 11.9. The highest BCUT2D eigenvalue weighted by Gasteiger charge is 2.13. The first kappa shape index (κ1) is 18.6. The zero-order valence-electron chi connectivity index (χ0n) is 14.5. The fourth-order valence-corrected chi connectivity index (χ4v) is 2.18. The first-order valence-corrected chi connectivity index (χ1v) is 7.98. The van der Waals surface area contributed by atoms with Crippen molar-refractivity contribution in [3.63, 3.8) is 0 Å². The molecule has 4 nitrogen and oxygen atoms in total. The number of aryl methyl sites for hydroxylation is 1. The van der Waals surface area contributed by atoms with Gasteiger partial charge in [-0.05, 0) is 49.7 Å². The first-order valence-electron chi connectivity index (χ1n) is 7.98. The van der Waals surface area contributed by atoms with E-state index in [1.54, 1.807) is 31.5 Å². The molecule has 0 saturated heterocycles. The highest BCUT2D eigenvalue weighted by atomic mass is 19.1. The molecule has 0 atom stereocenters. The van der Waals surface area contributed by atoms with Gasteiger partial charge < -0.3 is 10.2 Å². The predicted molar refractivity (Wildman–Crippen MR) is 96.8 cm³/mol. The van der Waals surface area contributed by atoms with Crippen LogP contribution in [-0.2, 0) is 0 Å². The molecule has 0 aliphatic rings. The van der Waals surface area contributed by atoms with Crippen LogP contribution in [-0.4, -0.2) is 37.2 Å². The SMILES string of the molecule is CCN(C)/C=N\c1cc(C)c(C(=O)CNc2cccc(F)c2)cc1F. The summed E-state index contributed by atoms with van der Waals surface area (Å²) in [7, 11) is 1.84. The van der Waals surface area contributed by atoms with Crippen LogP contribution >= 0.6 is 0 Å². The van der Waals surface area contributed by atoms with Gasteiger partial charge in [-0.2, -0.15) is 0 Å². The number of hydrogen-bond acceptors (Lipinski definition) is 3. The Bertz CT molecular complexity index is 790. The zero-order chi connectivity index (χ0) is 18.4. The lowest BCUT2D eigenvalue weighted by Gasteiger charge is -2.11. The summed E-state index contributed by atoms with van der Waals surface area (Å²) in [6.45, 7) is 4.40. The van der Waals surface area contributed by atoms with Crippen LogP contribution in [0.2, 0.25) is 0 Å². The molecule has 0 amide bonds. The van der Waals surface area contributed by atoms with Gasteiger partial charge in [-0.1, -0.05) is 6.07 Å². The Kier molecular flexibility index (Phi) is 6.22. The van der Waals surface area contributed by atoms with Crippen molar-refractivity contribution in [2.45, 2.75) is 13.8 Å². The van der Waals surface area contributed by atoms with Gasteiger partial charge in [0.15, 0.2) is 5.78 Å². The van der Waals surface area contributed by atoms with Gasteiger partial charge >= 0.3 is 0 Å². The van der Waals surface area contributed by atoms with E-state index in [9.17, 15) is 13.6 Å². The molecular weight excluding hydrogens is 324 g/mol. The minimum atomic E-state index is -0.555. The Labute approximate surface area is 146 Å². The number of carbonyl (C=O) groups is 1. The molecule has 1 N–H and O–H groups in total. The van der Waals surface area contributed by atoms with Crippen LogP contribution in [0.1, 0.15) is 22.8 Å². The largest absolute Gasteiger partial charge is 0.377 e. The summed E-state index contributed by atoms with van der Waals surface area (Å²) in [6, 6.07) is 8.57. The molecule has 0 unspecified atom stereocenters. The summed E-state index contributed by atoms with van der Waals surface area (Å²) < 4.78 is 27.3. The number of ketones is 1. The van der Waals surface area contributed by atoms with Gasteiger partial charge in [-0.25, -0.2) is 13.8 Å². The third-order valence-electron chi connectivity index (χ3n) is 3.76. The monoisotopic (exact) mass is 345 g/mol. The Morgan fingerprint density at radius 2 is 2.04 bits per heavy atom. The normalized spacial score (nSPS) is 10.9. The molecule has 0 bridgehead atoms. The van der Waals surface area contributed by atoms with Crippen molar-refractivity contribution in [1.29, 1.82) is 0 Å². The van der Waals surface area contributed by atoms with Gasteiger partial charge in [0.1, 0.15) is 17.3 Å². The summed E-state index contributed by atoms with van der Waals surface area (Å²) in [6.07, 6.45) is 1.55. The maximum Gasteiger partial charge on any atom is 0.182 e. The predicted octanol–water partition coefficient (Wildman–Crippen LogP) is 4.18. The van der Waals surface area contributed by atoms with E-state index in [2.05, 4.69) is 10.3 Å². The molecule has 6 heteroatoms. The molecule has 0 spiro atoms. The lowest BCUT2D eigenvalue weighted by atomic mass is 10.0. The van der Waals surface area contributed by atoms with E-state index in [4.69, 9.17) is 0 Å². The van der Waals surface area contributed by atoms with Crippen molar-refractivity contribution in [2.24, 2.45) is 4.99 Å². The van der Waals surface area contributed by atoms with Crippen molar-refractivity contribution in [2.75, 3.05) is 25.5 Å². The summed E-state index contributed by atoms with van der Waals surface area (Å²) in [5, 5.41) is 2.84. The number of hydrogen-bond donors (Lipinski definition) is 1. The minimum absolute atomic E-state index is 0.0507. The topological polar surface area (TPSA) is 44.7 Å². The van der Waals surface area contributed by atoms with Gasteiger partial charge in [-0.15, -0.1) is 0 Å². The second-order valence-electron chi connectivity index (χ2n) is 5.72. The van der Waals surface area contributed by atoms with E-state index < -0.39 is 5.82 Å². The average molecular weight is 345 g/mol. The molecule has 0 saturated carbocycles. The number of anilines is 1. The van der Waals surface area contributed by atoms with Gasteiger partial charge in [0, 0.05) is 24.8 Å². The van der Waals surface area contributed by atoms with E-state index in [0.717, 1.165) is 6.54 Å². The van der Waals surface area contributed by atoms with Crippen LogP contribution in [0.25, 0.3) is 0 Å². The van der Waals surface area contributed by atoms with Crippen LogP contribution in [0.3, 0.4) is 0 Å². The number of benzene rings is 2. The number of carbonyl (C=O) groups excluding carboxylic acids is 1. The Hall–Kier alpha value is -2.76. The standard InChI is InChI=1S/C19H21F2N3O/c1-4-24(3)12-23-18-8-13(2)16(10-17(18)21)19(25)11-22-15-7-5-6-14(20)9-15/h5-10,12,22H,4,11H2,1-3H3/b23-12-. The third-order valence-corrected chi connectivity index (χ3v) is 3.76. The summed E-state index contributed by atoms with van der Waals surface area (Å²) in [4.78, 5) is 18.2. The van der Waals surface area contributed by atoms with E-state index in [1.807, 2.05) is 18.9 Å². The molecule has 0 aliphatic heterocycles. The molecule has 0 aliphatic carbocycles. The summed E-state index contributed by atoms with van der Waals surface area (Å²) >= 11 is 0. The van der Waals surface area contributed by atoms with Crippen LogP contribution in [0.15, 0.2) is 41.4 Å². The van der Waals surface area contributed by atoms with Gasteiger partial charge in [0.05, 0.1) is 12.9 Å². The maximum absolute atomic E-state index is 14.2. The van der Waals surface area contributed by atoms with Crippen molar-refractivity contribution < 1.29 is 13.6 Å².